The molecule has 3 heterocycles. The lowest BCUT2D eigenvalue weighted by Crippen LogP contribution is -1.96. The first-order valence-corrected chi connectivity index (χ1v) is 6.82. The molecule has 0 aliphatic rings. The second kappa shape index (κ2) is 5.34. The van der Waals surface area contributed by atoms with Gasteiger partial charge in [0.25, 0.3) is 0 Å². The molecule has 1 N–H and O–H groups in total. The number of aromatic nitrogens is 3. The number of nitrogens with zero attached hydrogens (tertiary/aromatic N) is 3. The third-order valence-corrected chi connectivity index (χ3v) is 3.40. The molecule has 0 bridgehead atoms. The van der Waals surface area contributed by atoms with Gasteiger partial charge in [0, 0.05) is 17.8 Å². The maximum atomic E-state index is 5.79. The molecule has 3 rings (SSSR count). The van der Waals surface area contributed by atoms with Crippen LogP contribution in [0.1, 0.15) is 0 Å². The summed E-state index contributed by atoms with van der Waals surface area (Å²) in [5, 5.41) is 6.56. The van der Waals surface area contributed by atoms with Crippen molar-refractivity contribution < 1.29 is 0 Å². The topological polar surface area (TPSA) is 50.7 Å². The molecule has 0 aliphatic heterocycles. The number of hydrogen-bond donors (Lipinski definition) is 1. The van der Waals surface area contributed by atoms with E-state index in [1.165, 1.54) is 0 Å². The van der Waals surface area contributed by atoms with Gasteiger partial charge in [-0.05, 0) is 24.3 Å². The molecule has 0 aliphatic carbocycles. The standard InChI is InChI=1S/C13H9ClN4S/c14-9-4-5-11(16-8-9)18-12-3-1-2-10(17-12)13-15-6-7-19-13/h1-8H,(H,16,17,18). The second-order valence-electron chi connectivity index (χ2n) is 3.73. The predicted octanol–water partition coefficient (Wildman–Crippen LogP) is 4.00. The summed E-state index contributed by atoms with van der Waals surface area (Å²) < 4.78 is 0. The molecule has 3 aromatic heterocycles. The zero-order valence-electron chi connectivity index (χ0n) is 9.75. The van der Waals surface area contributed by atoms with Crippen molar-refractivity contribution in [3.8, 4) is 10.7 Å². The van der Waals surface area contributed by atoms with Crippen molar-refractivity contribution in [3.63, 3.8) is 0 Å². The Morgan fingerprint density at radius 1 is 1.05 bits per heavy atom. The summed E-state index contributed by atoms with van der Waals surface area (Å²) in [6, 6.07) is 9.33. The molecule has 0 aromatic carbocycles. The zero-order chi connectivity index (χ0) is 13.1. The lowest BCUT2D eigenvalue weighted by atomic mass is 10.3. The highest BCUT2D eigenvalue weighted by Gasteiger charge is 2.04. The lowest BCUT2D eigenvalue weighted by molar-refractivity contribution is 1.24. The monoisotopic (exact) mass is 288 g/mol. The van der Waals surface area contributed by atoms with E-state index in [9.17, 15) is 0 Å². The molecule has 94 valence electrons. The maximum absolute atomic E-state index is 5.79. The molecule has 19 heavy (non-hydrogen) atoms. The minimum Gasteiger partial charge on any atom is -0.325 e. The van der Waals surface area contributed by atoms with Gasteiger partial charge in [0.1, 0.15) is 22.3 Å². The third kappa shape index (κ3) is 2.89. The molecule has 0 radical (unpaired) electrons. The van der Waals surface area contributed by atoms with Gasteiger partial charge in [-0.2, -0.15) is 0 Å². The fourth-order valence-electron chi connectivity index (χ4n) is 1.55. The first kappa shape index (κ1) is 12.1. The van der Waals surface area contributed by atoms with Crippen molar-refractivity contribution >= 4 is 34.6 Å². The average Bonchev–Trinajstić information content (AvgIpc) is 2.96. The highest BCUT2D eigenvalue weighted by atomic mass is 35.5. The lowest BCUT2D eigenvalue weighted by Gasteiger charge is -2.05. The molecule has 0 unspecified atom stereocenters. The third-order valence-electron chi connectivity index (χ3n) is 2.38. The van der Waals surface area contributed by atoms with Gasteiger partial charge in [-0.3, -0.25) is 0 Å². The molecule has 0 spiro atoms. The SMILES string of the molecule is Clc1ccc(Nc2cccc(-c3nccs3)n2)nc1. The summed E-state index contributed by atoms with van der Waals surface area (Å²) in [7, 11) is 0. The van der Waals surface area contributed by atoms with E-state index in [1.54, 1.807) is 35.9 Å². The summed E-state index contributed by atoms with van der Waals surface area (Å²) in [4.78, 5) is 12.9. The number of anilines is 2. The Kier molecular flexibility index (Phi) is 3.39. The van der Waals surface area contributed by atoms with E-state index in [-0.39, 0.29) is 0 Å². The van der Waals surface area contributed by atoms with E-state index in [4.69, 9.17) is 11.6 Å². The van der Waals surface area contributed by atoms with Crippen LogP contribution >= 0.6 is 22.9 Å². The van der Waals surface area contributed by atoms with E-state index in [1.807, 2.05) is 23.6 Å². The molecule has 0 saturated heterocycles. The van der Waals surface area contributed by atoms with E-state index < -0.39 is 0 Å². The highest BCUT2D eigenvalue weighted by molar-refractivity contribution is 7.13. The first-order chi connectivity index (χ1) is 9.31. The molecule has 4 nitrogen and oxygen atoms in total. The van der Waals surface area contributed by atoms with Crippen LogP contribution in [0.5, 0.6) is 0 Å². The summed E-state index contributed by atoms with van der Waals surface area (Å²) in [6.45, 7) is 0. The Balaban J connectivity index is 1.85. The predicted molar refractivity (Wildman–Crippen MR) is 77.9 cm³/mol. The van der Waals surface area contributed by atoms with Crippen LogP contribution in [0.25, 0.3) is 10.7 Å². The molecule has 0 atom stereocenters. The Bertz CT molecular complexity index is 667. The van der Waals surface area contributed by atoms with Crippen LogP contribution in [-0.4, -0.2) is 15.0 Å². The van der Waals surface area contributed by atoms with Crippen molar-refractivity contribution in [1.29, 1.82) is 0 Å². The number of rotatable bonds is 3. The molecular weight excluding hydrogens is 280 g/mol. The van der Waals surface area contributed by atoms with Gasteiger partial charge in [-0.1, -0.05) is 17.7 Å². The van der Waals surface area contributed by atoms with Gasteiger partial charge in [-0.25, -0.2) is 15.0 Å². The van der Waals surface area contributed by atoms with E-state index >= 15 is 0 Å². The van der Waals surface area contributed by atoms with Gasteiger partial charge in [-0.15, -0.1) is 11.3 Å². The Morgan fingerprint density at radius 2 is 2.00 bits per heavy atom. The normalized spacial score (nSPS) is 10.4. The maximum Gasteiger partial charge on any atom is 0.141 e. The Labute approximate surface area is 119 Å². The number of pyridine rings is 2. The van der Waals surface area contributed by atoms with Crippen LogP contribution < -0.4 is 5.32 Å². The quantitative estimate of drug-likeness (QED) is 0.791. The summed E-state index contributed by atoms with van der Waals surface area (Å²) >= 11 is 7.35. The van der Waals surface area contributed by atoms with Crippen molar-refractivity contribution in [2.24, 2.45) is 0 Å². The molecule has 0 fully saturated rings. The van der Waals surface area contributed by atoms with Crippen molar-refractivity contribution in [1.82, 2.24) is 15.0 Å². The van der Waals surface area contributed by atoms with Gasteiger partial charge < -0.3 is 5.32 Å². The van der Waals surface area contributed by atoms with E-state index in [2.05, 4.69) is 20.3 Å². The van der Waals surface area contributed by atoms with Crippen LogP contribution in [0.15, 0.2) is 48.1 Å². The summed E-state index contributed by atoms with van der Waals surface area (Å²) in [6.07, 6.45) is 3.36. The van der Waals surface area contributed by atoms with Gasteiger partial charge in [0.15, 0.2) is 0 Å². The molecule has 0 amide bonds. The van der Waals surface area contributed by atoms with Gasteiger partial charge in [0.05, 0.1) is 5.02 Å². The number of nitrogens with one attached hydrogen (secondary N) is 1. The minimum absolute atomic E-state index is 0.607. The van der Waals surface area contributed by atoms with E-state index in [0.717, 1.165) is 16.5 Å². The Hall–Kier alpha value is -1.98. The summed E-state index contributed by atoms with van der Waals surface area (Å²) in [5.41, 5.74) is 0.842. The van der Waals surface area contributed by atoms with Crippen LogP contribution in [-0.2, 0) is 0 Å². The second-order valence-corrected chi connectivity index (χ2v) is 5.06. The smallest absolute Gasteiger partial charge is 0.141 e. The van der Waals surface area contributed by atoms with Crippen molar-refractivity contribution in [2.45, 2.75) is 0 Å². The first-order valence-electron chi connectivity index (χ1n) is 5.57. The number of halogens is 1. The fourth-order valence-corrected chi connectivity index (χ4v) is 2.27. The van der Waals surface area contributed by atoms with Crippen LogP contribution in [0, 0.1) is 0 Å². The summed E-state index contributed by atoms with van der Waals surface area (Å²) in [5.74, 6) is 1.43. The molecule has 0 saturated carbocycles. The average molecular weight is 289 g/mol. The van der Waals surface area contributed by atoms with Crippen molar-refractivity contribution in [3.05, 3.63) is 53.1 Å². The van der Waals surface area contributed by atoms with Crippen LogP contribution in [0.2, 0.25) is 5.02 Å². The van der Waals surface area contributed by atoms with Crippen LogP contribution in [0.4, 0.5) is 11.6 Å². The zero-order valence-corrected chi connectivity index (χ0v) is 11.3. The van der Waals surface area contributed by atoms with Gasteiger partial charge >= 0.3 is 0 Å². The Morgan fingerprint density at radius 3 is 2.74 bits per heavy atom. The number of thiazole rings is 1. The minimum atomic E-state index is 0.607. The molecule has 3 aromatic rings. The highest BCUT2D eigenvalue weighted by Crippen LogP contribution is 2.22. The number of hydrogen-bond acceptors (Lipinski definition) is 5. The van der Waals surface area contributed by atoms with Crippen LogP contribution in [0.3, 0.4) is 0 Å². The largest absolute Gasteiger partial charge is 0.325 e. The van der Waals surface area contributed by atoms with Crippen molar-refractivity contribution in [2.75, 3.05) is 5.32 Å². The fraction of sp³-hybridized carbons (Fsp3) is 0. The molecule has 6 heteroatoms. The van der Waals surface area contributed by atoms with E-state index in [0.29, 0.717) is 10.8 Å². The van der Waals surface area contributed by atoms with Gasteiger partial charge in [0.2, 0.25) is 0 Å². The molecular formula is C13H9ClN4S.